The summed E-state index contributed by atoms with van der Waals surface area (Å²) in [4.78, 5) is 19.4. The average Bonchev–Trinajstić information content (AvgIpc) is 3.19. The molecule has 1 aliphatic heterocycles. The van der Waals surface area contributed by atoms with Crippen LogP contribution in [-0.2, 0) is 6.54 Å². The highest BCUT2D eigenvalue weighted by molar-refractivity contribution is 5.44. The molecule has 112 valence electrons. The van der Waals surface area contributed by atoms with Crippen molar-refractivity contribution in [2.24, 2.45) is 0 Å². The number of rotatable bonds is 6. The van der Waals surface area contributed by atoms with E-state index < -0.39 is 0 Å². The van der Waals surface area contributed by atoms with Gasteiger partial charge in [0, 0.05) is 19.6 Å². The maximum Gasteiger partial charge on any atom is 0.231 e. The van der Waals surface area contributed by atoms with Gasteiger partial charge in [-0.25, -0.2) is 0 Å². The predicted octanol–water partition coefficient (Wildman–Crippen LogP) is 0.899. The lowest BCUT2D eigenvalue weighted by Gasteiger charge is -2.16. The first kappa shape index (κ1) is 13.5. The first-order chi connectivity index (χ1) is 10.3. The van der Waals surface area contributed by atoms with Crippen LogP contribution in [0.15, 0.2) is 10.9 Å². The summed E-state index contributed by atoms with van der Waals surface area (Å²) in [5.74, 6) is 2.34. The van der Waals surface area contributed by atoms with Crippen molar-refractivity contribution in [2.75, 3.05) is 35.2 Å². The smallest absolute Gasteiger partial charge is 0.231 e. The zero-order chi connectivity index (χ0) is 14.5. The van der Waals surface area contributed by atoms with E-state index in [0.29, 0.717) is 30.2 Å². The molecule has 0 saturated carbocycles. The number of aromatic nitrogens is 5. The van der Waals surface area contributed by atoms with Crippen LogP contribution in [0, 0.1) is 0 Å². The highest BCUT2D eigenvalue weighted by atomic mass is 16.5. The number of hydrogen-bond donors (Lipinski definition) is 2. The summed E-state index contributed by atoms with van der Waals surface area (Å²) in [6.07, 6.45) is 3.64. The molecule has 0 aliphatic carbocycles. The Morgan fingerprint density at radius 3 is 2.57 bits per heavy atom. The molecule has 0 atom stereocenters. The van der Waals surface area contributed by atoms with Gasteiger partial charge in [-0.1, -0.05) is 5.16 Å². The molecule has 2 N–H and O–H groups in total. The van der Waals surface area contributed by atoms with Crippen molar-refractivity contribution in [1.29, 1.82) is 0 Å². The monoisotopic (exact) mass is 290 g/mol. The molecule has 2 aromatic rings. The average molecular weight is 290 g/mol. The minimum atomic E-state index is 0.408. The Hall–Kier alpha value is -2.45. The van der Waals surface area contributed by atoms with E-state index in [4.69, 9.17) is 4.52 Å². The maximum absolute atomic E-state index is 4.70. The van der Waals surface area contributed by atoms with Gasteiger partial charge in [-0.2, -0.15) is 19.9 Å². The molecule has 0 amide bonds. The Kier molecular flexibility index (Phi) is 4.08. The molecule has 0 spiro atoms. The van der Waals surface area contributed by atoms with Crippen LogP contribution < -0.4 is 15.5 Å². The highest BCUT2D eigenvalue weighted by Gasteiger charge is 2.17. The van der Waals surface area contributed by atoms with Gasteiger partial charge in [-0.3, -0.25) is 0 Å². The Labute approximate surface area is 122 Å². The van der Waals surface area contributed by atoms with Gasteiger partial charge in [0.2, 0.25) is 24.2 Å². The molecule has 3 heterocycles. The Morgan fingerprint density at radius 1 is 1.14 bits per heavy atom. The second-order valence-corrected chi connectivity index (χ2v) is 4.71. The lowest BCUT2D eigenvalue weighted by atomic mass is 10.4. The predicted molar refractivity (Wildman–Crippen MR) is 77.1 cm³/mol. The van der Waals surface area contributed by atoms with Crippen molar-refractivity contribution in [3.8, 4) is 0 Å². The minimum absolute atomic E-state index is 0.408. The van der Waals surface area contributed by atoms with Crippen LogP contribution in [0.4, 0.5) is 17.8 Å². The van der Waals surface area contributed by atoms with Crippen molar-refractivity contribution >= 4 is 17.8 Å². The molecule has 0 unspecified atom stereocenters. The standard InChI is InChI=1S/C12H18N8O/c1-2-13-10-16-11(14-7-9-15-8-21-19-9)18-12(17-10)20-5-3-4-6-20/h8H,2-7H2,1H3,(H2,13,14,16,17,18). The zero-order valence-electron chi connectivity index (χ0n) is 11.9. The Bertz CT molecular complexity index is 567. The molecule has 0 bridgehead atoms. The van der Waals surface area contributed by atoms with Gasteiger partial charge >= 0.3 is 0 Å². The fraction of sp³-hybridized carbons (Fsp3) is 0.583. The fourth-order valence-electron chi connectivity index (χ4n) is 2.17. The summed E-state index contributed by atoms with van der Waals surface area (Å²) < 4.78 is 4.70. The summed E-state index contributed by atoms with van der Waals surface area (Å²) in [6.45, 7) is 5.14. The van der Waals surface area contributed by atoms with Crippen LogP contribution in [0.1, 0.15) is 25.6 Å². The van der Waals surface area contributed by atoms with E-state index in [2.05, 4.69) is 40.6 Å². The van der Waals surface area contributed by atoms with E-state index in [1.807, 2.05) is 6.92 Å². The van der Waals surface area contributed by atoms with E-state index in [-0.39, 0.29) is 0 Å². The number of nitrogens with one attached hydrogen (secondary N) is 2. The summed E-state index contributed by atoms with van der Waals surface area (Å²) in [5.41, 5.74) is 0. The van der Waals surface area contributed by atoms with E-state index in [0.717, 1.165) is 19.6 Å². The van der Waals surface area contributed by atoms with Crippen molar-refractivity contribution in [3.05, 3.63) is 12.2 Å². The molecular weight excluding hydrogens is 272 g/mol. The second-order valence-electron chi connectivity index (χ2n) is 4.71. The van der Waals surface area contributed by atoms with Crippen LogP contribution in [0.2, 0.25) is 0 Å². The minimum Gasteiger partial charge on any atom is -0.354 e. The van der Waals surface area contributed by atoms with Gasteiger partial charge in [0.15, 0.2) is 5.82 Å². The molecule has 2 aromatic heterocycles. The largest absolute Gasteiger partial charge is 0.354 e. The topological polar surface area (TPSA) is 105 Å². The second kappa shape index (κ2) is 6.33. The number of hydrogen-bond acceptors (Lipinski definition) is 9. The van der Waals surface area contributed by atoms with Gasteiger partial charge in [-0.15, -0.1) is 0 Å². The van der Waals surface area contributed by atoms with Gasteiger partial charge in [0.05, 0.1) is 6.54 Å². The first-order valence-electron chi connectivity index (χ1n) is 7.09. The third-order valence-electron chi connectivity index (χ3n) is 3.16. The van der Waals surface area contributed by atoms with Crippen LogP contribution in [0.5, 0.6) is 0 Å². The lowest BCUT2D eigenvalue weighted by molar-refractivity contribution is 0.411. The third-order valence-corrected chi connectivity index (χ3v) is 3.16. The quantitative estimate of drug-likeness (QED) is 0.802. The molecule has 3 rings (SSSR count). The van der Waals surface area contributed by atoms with Gasteiger partial charge < -0.3 is 20.1 Å². The van der Waals surface area contributed by atoms with Crippen LogP contribution in [-0.4, -0.2) is 44.7 Å². The fourth-order valence-corrected chi connectivity index (χ4v) is 2.17. The summed E-state index contributed by atoms with van der Waals surface area (Å²) in [6, 6.07) is 0. The van der Waals surface area contributed by atoms with Gasteiger partial charge in [0.25, 0.3) is 0 Å². The van der Waals surface area contributed by atoms with Crippen LogP contribution in [0.3, 0.4) is 0 Å². The summed E-state index contributed by atoms with van der Waals surface area (Å²) in [5, 5.41) is 9.97. The van der Waals surface area contributed by atoms with Crippen LogP contribution in [0.25, 0.3) is 0 Å². The lowest BCUT2D eigenvalue weighted by Crippen LogP contribution is -2.22. The molecule has 21 heavy (non-hydrogen) atoms. The summed E-state index contributed by atoms with van der Waals surface area (Å²) >= 11 is 0. The van der Waals surface area contributed by atoms with Gasteiger partial charge in [-0.05, 0) is 19.8 Å². The first-order valence-corrected chi connectivity index (χ1v) is 7.09. The van der Waals surface area contributed by atoms with E-state index in [9.17, 15) is 0 Å². The normalized spacial score (nSPS) is 14.4. The van der Waals surface area contributed by atoms with E-state index in [1.165, 1.54) is 19.2 Å². The third kappa shape index (κ3) is 3.36. The van der Waals surface area contributed by atoms with Crippen molar-refractivity contribution in [2.45, 2.75) is 26.3 Å². The molecule has 0 aromatic carbocycles. The van der Waals surface area contributed by atoms with Crippen molar-refractivity contribution in [3.63, 3.8) is 0 Å². The summed E-state index contributed by atoms with van der Waals surface area (Å²) in [7, 11) is 0. The molecule has 1 saturated heterocycles. The molecule has 1 fully saturated rings. The molecule has 9 heteroatoms. The van der Waals surface area contributed by atoms with Gasteiger partial charge in [0.1, 0.15) is 0 Å². The van der Waals surface area contributed by atoms with Crippen LogP contribution >= 0.6 is 0 Å². The van der Waals surface area contributed by atoms with E-state index >= 15 is 0 Å². The highest BCUT2D eigenvalue weighted by Crippen LogP contribution is 2.18. The SMILES string of the molecule is CCNc1nc(NCc2ncon2)nc(N2CCCC2)n1. The molecule has 0 radical (unpaired) electrons. The molecular formula is C12H18N8O. The van der Waals surface area contributed by atoms with Crippen molar-refractivity contribution < 1.29 is 4.52 Å². The zero-order valence-corrected chi connectivity index (χ0v) is 11.9. The van der Waals surface area contributed by atoms with Crippen molar-refractivity contribution in [1.82, 2.24) is 25.1 Å². The number of anilines is 3. The molecule has 9 nitrogen and oxygen atoms in total. The van der Waals surface area contributed by atoms with E-state index in [1.54, 1.807) is 0 Å². The Balaban J connectivity index is 1.77. The molecule has 1 aliphatic rings. The maximum atomic E-state index is 4.70. The Morgan fingerprint density at radius 2 is 1.90 bits per heavy atom. The number of nitrogens with zero attached hydrogens (tertiary/aromatic N) is 6.